The van der Waals surface area contributed by atoms with Crippen molar-refractivity contribution in [2.45, 2.75) is 18.8 Å². The van der Waals surface area contributed by atoms with Gasteiger partial charge in [0.15, 0.2) is 0 Å². The number of aromatic nitrogens is 4. The summed E-state index contributed by atoms with van der Waals surface area (Å²) in [6.45, 7) is 1.37. The third-order valence-corrected chi connectivity index (χ3v) is 4.09. The normalized spacial score (nSPS) is 16.1. The third kappa shape index (κ3) is 3.87. The highest BCUT2D eigenvalue weighted by atomic mass is 35.5. The average Bonchev–Trinajstić information content (AvgIpc) is 2.99. The number of halogens is 1. The van der Waals surface area contributed by atoms with Crippen LogP contribution in [-0.2, 0) is 4.79 Å². The fourth-order valence-electron chi connectivity index (χ4n) is 2.64. The first kappa shape index (κ1) is 15.5. The van der Waals surface area contributed by atoms with E-state index in [1.54, 1.807) is 30.5 Å². The molecule has 1 saturated heterocycles. The van der Waals surface area contributed by atoms with Crippen LogP contribution in [0.1, 0.15) is 30.1 Å². The van der Waals surface area contributed by atoms with Gasteiger partial charge in [-0.25, -0.2) is 4.98 Å². The Morgan fingerprint density at radius 3 is 2.87 bits per heavy atom. The quantitative estimate of drug-likeness (QED) is 0.660. The number of nitrogens with two attached hydrogens (primary N) is 1. The number of likely N-dealkylation sites (tertiary alicyclic amines) is 1. The topological polar surface area (TPSA) is 101 Å². The number of amides is 1. The first-order valence-electron chi connectivity index (χ1n) is 7.38. The lowest BCUT2D eigenvalue weighted by atomic mass is 9.96. The SMILES string of the molecule is Nc1n[nH]c(C2CCN(C(=O)C=Cc3ccnc(Cl)c3)CC2)n1. The molecule has 0 unspecified atom stereocenters. The molecule has 23 heavy (non-hydrogen) atoms. The molecule has 0 atom stereocenters. The second kappa shape index (κ2) is 6.78. The number of nitrogens with zero attached hydrogens (tertiary/aromatic N) is 4. The lowest BCUT2D eigenvalue weighted by molar-refractivity contribution is -0.127. The maximum Gasteiger partial charge on any atom is 0.246 e. The molecule has 2 aromatic rings. The predicted molar refractivity (Wildman–Crippen MR) is 87.6 cm³/mol. The minimum Gasteiger partial charge on any atom is -0.367 e. The summed E-state index contributed by atoms with van der Waals surface area (Å²) >= 11 is 5.82. The minimum absolute atomic E-state index is 0.00605. The number of aromatic amines is 1. The van der Waals surface area contributed by atoms with Crippen LogP contribution in [-0.4, -0.2) is 44.1 Å². The number of nitrogen functional groups attached to an aromatic ring is 1. The van der Waals surface area contributed by atoms with Gasteiger partial charge in [-0.05, 0) is 36.6 Å². The zero-order valence-corrected chi connectivity index (χ0v) is 13.2. The van der Waals surface area contributed by atoms with Crippen LogP contribution in [0.4, 0.5) is 5.95 Å². The van der Waals surface area contributed by atoms with Crippen LogP contribution in [0.2, 0.25) is 5.15 Å². The monoisotopic (exact) mass is 332 g/mol. The van der Waals surface area contributed by atoms with Gasteiger partial charge in [-0.3, -0.25) is 9.89 Å². The van der Waals surface area contributed by atoms with Crippen LogP contribution in [0.5, 0.6) is 0 Å². The molecule has 8 heteroatoms. The van der Waals surface area contributed by atoms with Crippen LogP contribution in [0.15, 0.2) is 24.4 Å². The van der Waals surface area contributed by atoms with Crippen LogP contribution in [0.25, 0.3) is 6.08 Å². The van der Waals surface area contributed by atoms with Crippen molar-refractivity contribution in [3.8, 4) is 0 Å². The number of pyridine rings is 1. The molecule has 1 fully saturated rings. The molecule has 3 N–H and O–H groups in total. The molecule has 2 aromatic heterocycles. The van der Waals surface area contributed by atoms with Crippen LogP contribution in [0.3, 0.4) is 0 Å². The van der Waals surface area contributed by atoms with E-state index < -0.39 is 0 Å². The van der Waals surface area contributed by atoms with Gasteiger partial charge in [0.2, 0.25) is 11.9 Å². The highest BCUT2D eigenvalue weighted by molar-refractivity contribution is 6.29. The molecule has 0 saturated carbocycles. The summed E-state index contributed by atoms with van der Waals surface area (Å²) in [6.07, 6.45) is 6.61. The number of hydrogen-bond donors (Lipinski definition) is 2. The highest BCUT2D eigenvalue weighted by Gasteiger charge is 2.24. The van der Waals surface area contributed by atoms with Crippen molar-refractivity contribution in [1.29, 1.82) is 0 Å². The zero-order valence-electron chi connectivity index (χ0n) is 12.4. The molecule has 120 valence electrons. The molecule has 0 radical (unpaired) electrons. The van der Waals surface area contributed by atoms with E-state index in [1.165, 1.54) is 0 Å². The Kier molecular flexibility index (Phi) is 4.57. The fraction of sp³-hybridized carbons (Fsp3) is 0.333. The molecule has 0 bridgehead atoms. The molecule has 7 nitrogen and oxygen atoms in total. The molecule has 1 aliphatic heterocycles. The van der Waals surface area contributed by atoms with E-state index in [1.807, 2.05) is 4.90 Å². The molecule has 1 aliphatic rings. The van der Waals surface area contributed by atoms with Crippen molar-refractivity contribution in [3.05, 3.63) is 40.9 Å². The van der Waals surface area contributed by atoms with Gasteiger partial charge in [-0.2, -0.15) is 4.98 Å². The summed E-state index contributed by atoms with van der Waals surface area (Å²) in [5.41, 5.74) is 6.38. The Morgan fingerprint density at radius 1 is 1.43 bits per heavy atom. The van der Waals surface area contributed by atoms with Crippen molar-refractivity contribution >= 4 is 29.5 Å². The second-order valence-electron chi connectivity index (χ2n) is 5.42. The summed E-state index contributed by atoms with van der Waals surface area (Å²) in [4.78, 5) is 22.1. The van der Waals surface area contributed by atoms with Crippen LogP contribution in [0, 0.1) is 0 Å². The number of H-pyrrole nitrogens is 1. The van der Waals surface area contributed by atoms with E-state index in [0.29, 0.717) is 18.2 Å². The van der Waals surface area contributed by atoms with E-state index in [-0.39, 0.29) is 17.8 Å². The molecule has 3 rings (SSSR count). The minimum atomic E-state index is -0.00605. The van der Waals surface area contributed by atoms with Gasteiger partial charge in [-0.1, -0.05) is 11.6 Å². The van der Waals surface area contributed by atoms with Gasteiger partial charge in [0.1, 0.15) is 11.0 Å². The smallest absolute Gasteiger partial charge is 0.246 e. The Morgan fingerprint density at radius 2 is 2.22 bits per heavy atom. The third-order valence-electron chi connectivity index (χ3n) is 3.88. The maximum atomic E-state index is 12.2. The maximum absolute atomic E-state index is 12.2. The number of carbonyl (C=O) groups excluding carboxylic acids is 1. The summed E-state index contributed by atoms with van der Waals surface area (Å²) in [5.74, 6) is 1.33. The van der Waals surface area contributed by atoms with E-state index in [9.17, 15) is 4.79 Å². The molecular weight excluding hydrogens is 316 g/mol. The number of anilines is 1. The summed E-state index contributed by atoms with van der Waals surface area (Å²) < 4.78 is 0. The molecular formula is C15H17ClN6O. The average molecular weight is 333 g/mol. The lowest BCUT2D eigenvalue weighted by Gasteiger charge is -2.30. The highest BCUT2D eigenvalue weighted by Crippen LogP contribution is 2.25. The number of hydrogen-bond acceptors (Lipinski definition) is 5. The fourth-order valence-corrected chi connectivity index (χ4v) is 2.82. The molecule has 0 spiro atoms. The summed E-state index contributed by atoms with van der Waals surface area (Å²) in [5, 5.41) is 7.11. The van der Waals surface area contributed by atoms with Gasteiger partial charge in [0.25, 0.3) is 0 Å². The number of rotatable bonds is 3. The molecule has 3 heterocycles. The molecule has 0 aliphatic carbocycles. The second-order valence-corrected chi connectivity index (χ2v) is 5.81. The van der Waals surface area contributed by atoms with Crippen molar-refractivity contribution in [3.63, 3.8) is 0 Å². The molecule has 1 amide bonds. The first-order valence-corrected chi connectivity index (χ1v) is 7.76. The van der Waals surface area contributed by atoms with Gasteiger partial charge in [0, 0.05) is 31.3 Å². The van der Waals surface area contributed by atoms with Crippen LogP contribution >= 0.6 is 11.6 Å². The largest absolute Gasteiger partial charge is 0.367 e. The van der Waals surface area contributed by atoms with Crippen molar-refractivity contribution in [2.24, 2.45) is 0 Å². The zero-order chi connectivity index (χ0) is 16.2. The Labute approximate surface area is 138 Å². The first-order chi connectivity index (χ1) is 11.1. The Bertz CT molecular complexity index is 720. The van der Waals surface area contributed by atoms with Crippen molar-refractivity contribution in [2.75, 3.05) is 18.8 Å². The van der Waals surface area contributed by atoms with Crippen LogP contribution < -0.4 is 5.73 Å². The van der Waals surface area contributed by atoms with E-state index in [0.717, 1.165) is 24.2 Å². The van der Waals surface area contributed by atoms with E-state index in [2.05, 4.69) is 20.2 Å². The molecule has 0 aromatic carbocycles. The standard InChI is InChI=1S/C15H17ClN6O/c16-12-9-10(3-6-18-12)1-2-13(23)22-7-4-11(5-8-22)14-19-15(17)21-20-14/h1-3,6,9,11H,4-5,7-8H2,(H3,17,19,20,21). The number of piperidine rings is 1. The Hall–Kier alpha value is -2.41. The lowest BCUT2D eigenvalue weighted by Crippen LogP contribution is -2.37. The van der Waals surface area contributed by atoms with Crippen molar-refractivity contribution < 1.29 is 4.79 Å². The summed E-state index contributed by atoms with van der Waals surface area (Å²) in [6, 6.07) is 3.52. The van der Waals surface area contributed by atoms with E-state index in [4.69, 9.17) is 17.3 Å². The predicted octanol–water partition coefficient (Wildman–Crippen LogP) is 1.85. The van der Waals surface area contributed by atoms with Gasteiger partial charge >= 0.3 is 0 Å². The van der Waals surface area contributed by atoms with Crippen molar-refractivity contribution in [1.82, 2.24) is 25.1 Å². The number of nitrogens with one attached hydrogen (secondary N) is 1. The van der Waals surface area contributed by atoms with Gasteiger partial charge in [-0.15, -0.1) is 5.10 Å². The van der Waals surface area contributed by atoms with Gasteiger partial charge < -0.3 is 10.6 Å². The number of carbonyl (C=O) groups is 1. The Balaban J connectivity index is 1.56. The van der Waals surface area contributed by atoms with E-state index >= 15 is 0 Å². The van der Waals surface area contributed by atoms with Gasteiger partial charge in [0.05, 0.1) is 0 Å². The summed E-state index contributed by atoms with van der Waals surface area (Å²) in [7, 11) is 0.